The fourth-order valence-electron chi connectivity index (χ4n) is 7.91. The van der Waals surface area contributed by atoms with Crippen LogP contribution in [-0.4, -0.2) is 24.7 Å². The quantitative estimate of drug-likeness (QED) is 0.176. The third-order valence-electron chi connectivity index (χ3n) is 11.3. The zero-order chi connectivity index (χ0) is 41.9. The van der Waals surface area contributed by atoms with Gasteiger partial charge in [-0.2, -0.15) is 0 Å². The number of pyridine rings is 1. The number of para-hydroxylation sites is 1. The number of phenolic OH excluding ortho intramolecular Hbond substituents is 2. The Balaban J connectivity index is 1.44. The number of aromatic nitrogens is 3. The van der Waals surface area contributed by atoms with E-state index in [1.165, 1.54) is 5.56 Å². The molecule has 0 bridgehead atoms. The van der Waals surface area contributed by atoms with Crippen LogP contribution < -0.4 is 0 Å². The largest absolute Gasteiger partial charge is 0.507 e. The zero-order valence-corrected chi connectivity index (χ0v) is 35.6. The van der Waals surface area contributed by atoms with Gasteiger partial charge >= 0.3 is 0 Å². The summed E-state index contributed by atoms with van der Waals surface area (Å²) in [6.07, 6.45) is 1.83. The molecule has 59 heavy (non-hydrogen) atoms. The molecule has 0 spiro atoms. The van der Waals surface area contributed by atoms with Crippen molar-refractivity contribution in [1.82, 2.24) is 14.5 Å². The molecule has 2 N–H and O–H groups in total. The minimum absolute atomic E-state index is 0.0893. The van der Waals surface area contributed by atoms with E-state index in [1.54, 1.807) is 6.07 Å². The van der Waals surface area contributed by atoms with Crippen molar-refractivity contribution in [2.75, 3.05) is 0 Å². The number of hydrogen-bond donors (Lipinski definition) is 2. The first kappa shape index (κ1) is 39.4. The molecule has 2 aromatic heterocycles. The minimum atomic E-state index is -0.344. The van der Waals surface area contributed by atoms with E-state index in [0.717, 1.165) is 61.4 Å². The van der Waals surface area contributed by atoms with Crippen molar-refractivity contribution in [3.8, 4) is 73.2 Å². The SMILES string of the molecule is CC(C)(C)c1ccc(-n2c(-c3cc(C(C)(C)C)cc(C(C)(C)C)c3O)nc3c(-c4cc(-c5cc(-c6ccccc6)ccn5)ccc4O)cccc32)c(-c2ccccc2)c1. The highest BCUT2D eigenvalue weighted by molar-refractivity contribution is 5.99. The molecule has 0 fully saturated rings. The fourth-order valence-corrected chi connectivity index (χ4v) is 7.91. The summed E-state index contributed by atoms with van der Waals surface area (Å²) in [6, 6.07) is 47.6. The predicted molar refractivity (Wildman–Crippen MR) is 245 cm³/mol. The van der Waals surface area contributed by atoms with E-state index in [0.29, 0.717) is 22.5 Å². The molecular formula is C54H53N3O2. The second-order valence-corrected chi connectivity index (χ2v) is 18.7. The number of nitrogens with zero attached hydrogens (tertiary/aromatic N) is 3. The molecule has 0 aliphatic carbocycles. The zero-order valence-electron chi connectivity index (χ0n) is 35.6. The highest BCUT2D eigenvalue weighted by Crippen LogP contribution is 2.46. The average Bonchev–Trinajstić information content (AvgIpc) is 3.60. The van der Waals surface area contributed by atoms with Crippen LogP contribution in [0.15, 0.2) is 146 Å². The van der Waals surface area contributed by atoms with Crippen molar-refractivity contribution in [2.45, 2.75) is 78.6 Å². The number of phenols is 2. The van der Waals surface area contributed by atoms with E-state index in [2.05, 4.69) is 146 Å². The van der Waals surface area contributed by atoms with E-state index in [9.17, 15) is 10.2 Å². The molecule has 8 aromatic rings. The number of benzene rings is 6. The maximum atomic E-state index is 12.4. The summed E-state index contributed by atoms with van der Waals surface area (Å²) in [5.41, 5.74) is 13.1. The Hall–Kier alpha value is -6.46. The van der Waals surface area contributed by atoms with Gasteiger partial charge in [-0.05, 0) is 98.7 Å². The predicted octanol–water partition coefficient (Wildman–Crippen LogP) is 14.1. The van der Waals surface area contributed by atoms with Gasteiger partial charge in [-0.3, -0.25) is 9.55 Å². The molecule has 2 heterocycles. The lowest BCUT2D eigenvalue weighted by Crippen LogP contribution is -2.17. The number of aromatic hydroxyl groups is 2. The van der Waals surface area contributed by atoms with Crippen LogP contribution in [0.1, 0.15) is 79.0 Å². The third kappa shape index (κ3) is 7.54. The number of hydrogen-bond acceptors (Lipinski definition) is 4. The van der Waals surface area contributed by atoms with Crippen LogP contribution in [-0.2, 0) is 16.2 Å². The summed E-state index contributed by atoms with van der Waals surface area (Å²) in [7, 11) is 0. The molecule has 0 aliphatic heterocycles. The highest BCUT2D eigenvalue weighted by atomic mass is 16.3. The van der Waals surface area contributed by atoms with Gasteiger partial charge < -0.3 is 10.2 Å². The van der Waals surface area contributed by atoms with Crippen LogP contribution >= 0.6 is 0 Å². The van der Waals surface area contributed by atoms with E-state index >= 15 is 0 Å². The molecule has 5 heteroatoms. The third-order valence-corrected chi connectivity index (χ3v) is 11.3. The van der Waals surface area contributed by atoms with Crippen LogP contribution in [0.2, 0.25) is 0 Å². The molecule has 0 radical (unpaired) electrons. The number of fused-ring (bicyclic) bond motifs is 1. The first-order chi connectivity index (χ1) is 28.0. The number of imidazole rings is 1. The van der Waals surface area contributed by atoms with Crippen molar-refractivity contribution in [1.29, 1.82) is 0 Å². The Bertz CT molecular complexity index is 2830. The molecule has 5 nitrogen and oxygen atoms in total. The second kappa shape index (κ2) is 14.7. The first-order valence-electron chi connectivity index (χ1n) is 20.4. The Morgan fingerprint density at radius 1 is 0.475 bits per heavy atom. The first-order valence-corrected chi connectivity index (χ1v) is 20.4. The molecule has 0 unspecified atom stereocenters. The van der Waals surface area contributed by atoms with Gasteiger partial charge in [-0.1, -0.05) is 147 Å². The summed E-state index contributed by atoms with van der Waals surface area (Å²) in [5.74, 6) is 0.976. The van der Waals surface area contributed by atoms with Crippen LogP contribution in [0.25, 0.3) is 72.7 Å². The van der Waals surface area contributed by atoms with Gasteiger partial charge in [0, 0.05) is 34.0 Å². The van der Waals surface area contributed by atoms with Crippen LogP contribution in [0.4, 0.5) is 0 Å². The van der Waals surface area contributed by atoms with Crippen LogP contribution in [0.3, 0.4) is 0 Å². The van der Waals surface area contributed by atoms with Crippen molar-refractivity contribution in [3.63, 3.8) is 0 Å². The van der Waals surface area contributed by atoms with Gasteiger partial charge in [-0.15, -0.1) is 0 Å². The van der Waals surface area contributed by atoms with Crippen molar-refractivity contribution in [3.05, 3.63) is 162 Å². The standard InChI is InChI=1S/C54H53N3O2/c1-52(2,3)38-24-25-46(41(31-38)35-19-14-11-15-20-35)57-47-22-16-21-40(49(47)56-51(57)43-32-39(53(4,5)6)33-44(50(43)59)54(7,8)9)42-29-37(23-26-48(42)58)45-30-36(27-28-55-45)34-17-12-10-13-18-34/h10-33,58-59H,1-9H3. The summed E-state index contributed by atoms with van der Waals surface area (Å²) in [5, 5.41) is 24.0. The Labute approximate surface area is 348 Å². The summed E-state index contributed by atoms with van der Waals surface area (Å²) in [6.45, 7) is 19.7. The normalized spacial score (nSPS) is 12.3. The van der Waals surface area contributed by atoms with E-state index < -0.39 is 0 Å². The average molecular weight is 776 g/mol. The monoisotopic (exact) mass is 775 g/mol. The lowest BCUT2D eigenvalue weighted by Gasteiger charge is -2.28. The molecule has 8 rings (SSSR count). The Kier molecular flexibility index (Phi) is 9.83. The van der Waals surface area contributed by atoms with Gasteiger partial charge in [-0.25, -0.2) is 4.98 Å². The second-order valence-electron chi connectivity index (χ2n) is 18.7. The van der Waals surface area contributed by atoms with Gasteiger partial charge in [0.25, 0.3) is 0 Å². The Morgan fingerprint density at radius 2 is 1.14 bits per heavy atom. The van der Waals surface area contributed by atoms with Crippen molar-refractivity contribution in [2.24, 2.45) is 0 Å². The van der Waals surface area contributed by atoms with E-state index in [4.69, 9.17) is 9.97 Å². The van der Waals surface area contributed by atoms with Crippen molar-refractivity contribution >= 4 is 11.0 Å². The Morgan fingerprint density at radius 3 is 1.80 bits per heavy atom. The van der Waals surface area contributed by atoms with Gasteiger partial charge in [0.2, 0.25) is 0 Å². The van der Waals surface area contributed by atoms with E-state index in [-0.39, 0.29) is 27.7 Å². The fraction of sp³-hybridized carbons (Fsp3) is 0.222. The summed E-state index contributed by atoms with van der Waals surface area (Å²) >= 11 is 0. The van der Waals surface area contributed by atoms with E-state index in [1.807, 2.05) is 60.8 Å². The molecular weight excluding hydrogens is 723 g/mol. The molecule has 0 aliphatic rings. The van der Waals surface area contributed by atoms with Gasteiger partial charge in [0.15, 0.2) is 0 Å². The molecule has 0 amide bonds. The highest BCUT2D eigenvalue weighted by Gasteiger charge is 2.30. The summed E-state index contributed by atoms with van der Waals surface area (Å²) in [4.78, 5) is 10.3. The van der Waals surface area contributed by atoms with Gasteiger partial charge in [0.05, 0.1) is 28.0 Å². The number of rotatable bonds is 6. The van der Waals surface area contributed by atoms with Gasteiger partial charge in [0.1, 0.15) is 17.3 Å². The molecule has 6 aromatic carbocycles. The minimum Gasteiger partial charge on any atom is -0.507 e. The maximum Gasteiger partial charge on any atom is 0.149 e. The smallest absolute Gasteiger partial charge is 0.149 e. The lowest BCUT2D eigenvalue weighted by molar-refractivity contribution is 0.446. The summed E-state index contributed by atoms with van der Waals surface area (Å²) < 4.78 is 2.20. The lowest BCUT2D eigenvalue weighted by atomic mass is 9.79. The molecule has 0 saturated heterocycles. The van der Waals surface area contributed by atoms with Crippen LogP contribution in [0.5, 0.6) is 11.5 Å². The molecule has 0 saturated carbocycles. The maximum absolute atomic E-state index is 12.4. The van der Waals surface area contributed by atoms with Crippen LogP contribution in [0, 0.1) is 0 Å². The topological polar surface area (TPSA) is 71.2 Å². The van der Waals surface area contributed by atoms with Crippen molar-refractivity contribution < 1.29 is 10.2 Å². The molecule has 0 atom stereocenters. The molecule has 296 valence electrons.